The lowest BCUT2D eigenvalue weighted by atomic mass is 9.95. The summed E-state index contributed by atoms with van der Waals surface area (Å²) in [6, 6.07) is 0.527. The Morgan fingerprint density at radius 1 is 1.20 bits per heavy atom. The van der Waals surface area contributed by atoms with Crippen LogP contribution < -0.4 is 5.32 Å². The van der Waals surface area contributed by atoms with Crippen molar-refractivity contribution in [3.05, 3.63) is 0 Å². The molecule has 0 amide bonds. The summed E-state index contributed by atoms with van der Waals surface area (Å²) >= 11 is 0. The second kappa shape index (κ2) is 9.72. The van der Waals surface area contributed by atoms with Crippen LogP contribution in [0.4, 0.5) is 0 Å². The predicted octanol–water partition coefficient (Wildman–Crippen LogP) is 1.52. The average Bonchev–Trinajstić information content (AvgIpc) is 2.37. The largest absolute Gasteiger partial charge is 0.383 e. The Balaban J connectivity index is 2.33. The van der Waals surface area contributed by atoms with E-state index in [9.17, 15) is 0 Å². The fourth-order valence-corrected chi connectivity index (χ4v) is 3.04. The molecule has 1 N–H and O–H groups in total. The zero-order chi connectivity index (χ0) is 15.0. The summed E-state index contributed by atoms with van der Waals surface area (Å²) < 4.78 is 5.42. The van der Waals surface area contributed by atoms with Crippen LogP contribution in [0.3, 0.4) is 0 Å². The van der Waals surface area contributed by atoms with Gasteiger partial charge in [0.1, 0.15) is 0 Å². The highest BCUT2D eigenvalue weighted by Gasteiger charge is 2.25. The van der Waals surface area contributed by atoms with Crippen LogP contribution in [-0.2, 0) is 4.74 Å². The summed E-state index contributed by atoms with van der Waals surface area (Å²) in [5.74, 6) is 1.58. The van der Waals surface area contributed by atoms with Crippen molar-refractivity contribution in [2.45, 2.75) is 32.7 Å². The molecule has 4 nitrogen and oxygen atoms in total. The molecule has 0 radical (unpaired) electrons. The van der Waals surface area contributed by atoms with E-state index in [1.54, 1.807) is 0 Å². The Hall–Kier alpha value is -0.160. The number of nitrogens with zero attached hydrogens (tertiary/aromatic N) is 2. The summed E-state index contributed by atoms with van der Waals surface area (Å²) in [4.78, 5) is 4.93. The van der Waals surface area contributed by atoms with E-state index in [1.165, 1.54) is 32.5 Å². The van der Waals surface area contributed by atoms with Gasteiger partial charge in [-0.2, -0.15) is 0 Å². The summed E-state index contributed by atoms with van der Waals surface area (Å²) in [5, 5.41) is 3.58. The van der Waals surface area contributed by atoms with Crippen LogP contribution in [0, 0.1) is 11.8 Å². The number of hydrogen-bond donors (Lipinski definition) is 1. The van der Waals surface area contributed by atoms with Crippen LogP contribution in [0.25, 0.3) is 0 Å². The quantitative estimate of drug-likeness (QED) is 0.695. The Kier molecular flexibility index (Phi) is 8.69. The number of ether oxygens (including phenoxy) is 1. The fraction of sp³-hybridized carbons (Fsp3) is 1.00. The van der Waals surface area contributed by atoms with Crippen LogP contribution in [0.15, 0.2) is 0 Å². The molecule has 1 aliphatic heterocycles. The first-order chi connectivity index (χ1) is 9.52. The van der Waals surface area contributed by atoms with E-state index in [4.69, 9.17) is 4.74 Å². The minimum atomic E-state index is 0.527. The highest BCUT2D eigenvalue weighted by Crippen LogP contribution is 2.19. The number of methoxy groups -OCH3 is 1. The molecule has 0 aliphatic carbocycles. The molecule has 4 heteroatoms. The van der Waals surface area contributed by atoms with Gasteiger partial charge < -0.3 is 15.0 Å². The lowest BCUT2D eigenvalue weighted by Crippen LogP contribution is -2.49. The van der Waals surface area contributed by atoms with Crippen LogP contribution in [-0.4, -0.2) is 76.4 Å². The first-order valence-electron chi connectivity index (χ1n) is 8.11. The van der Waals surface area contributed by atoms with Gasteiger partial charge in [0, 0.05) is 26.2 Å². The first kappa shape index (κ1) is 17.9. The van der Waals surface area contributed by atoms with Crippen molar-refractivity contribution >= 4 is 0 Å². The van der Waals surface area contributed by atoms with Gasteiger partial charge in [0.2, 0.25) is 0 Å². The number of rotatable bonds is 9. The standard InChI is InChI=1S/C16H35N3O/c1-14(2)10-17-11-16(13-20-5)19-8-6-15(7-9-19)12-18(3)4/h14-17H,6-13H2,1-5H3. The third kappa shape index (κ3) is 7.02. The fourth-order valence-electron chi connectivity index (χ4n) is 3.04. The Bertz CT molecular complexity index is 238. The topological polar surface area (TPSA) is 27.7 Å². The second-order valence-corrected chi connectivity index (χ2v) is 6.90. The van der Waals surface area contributed by atoms with Gasteiger partial charge in [-0.15, -0.1) is 0 Å². The maximum atomic E-state index is 5.42. The molecule has 0 aromatic carbocycles. The van der Waals surface area contributed by atoms with E-state index in [2.05, 4.69) is 43.1 Å². The molecular formula is C16H35N3O. The van der Waals surface area contributed by atoms with Crippen molar-refractivity contribution < 1.29 is 4.74 Å². The SMILES string of the molecule is COCC(CNCC(C)C)N1CCC(CN(C)C)CC1. The van der Waals surface area contributed by atoms with E-state index in [-0.39, 0.29) is 0 Å². The summed E-state index contributed by atoms with van der Waals surface area (Å²) in [6.07, 6.45) is 2.64. The zero-order valence-electron chi connectivity index (χ0n) is 14.2. The molecule has 1 heterocycles. The molecule has 1 saturated heterocycles. The van der Waals surface area contributed by atoms with E-state index < -0.39 is 0 Å². The summed E-state index contributed by atoms with van der Waals surface area (Å²) in [5.41, 5.74) is 0. The maximum Gasteiger partial charge on any atom is 0.0630 e. The van der Waals surface area contributed by atoms with Crippen LogP contribution in [0.2, 0.25) is 0 Å². The normalized spacial score (nSPS) is 19.9. The third-order valence-corrected chi connectivity index (χ3v) is 4.08. The van der Waals surface area contributed by atoms with Crippen LogP contribution >= 0.6 is 0 Å². The first-order valence-corrected chi connectivity index (χ1v) is 8.11. The van der Waals surface area contributed by atoms with Gasteiger partial charge in [-0.3, -0.25) is 4.90 Å². The summed E-state index contributed by atoms with van der Waals surface area (Å²) in [7, 11) is 6.17. The van der Waals surface area contributed by atoms with Gasteiger partial charge in [0.05, 0.1) is 6.61 Å². The van der Waals surface area contributed by atoms with Gasteiger partial charge in [-0.1, -0.05) is 13.8 Å². The monoisotopic (exact) mass is 285 g/mol. The minimum absolute atomic E-state index is 0.527. The van der Waals surface area contributed by atoms with E-state index >= 15 is 0 Å². The molecule has 1 rings (SSSR count). The Morgan fingerprint density at radius 3 is 2.35 bits per heavy atom. The van der Waals surface area contributed by atoms with Crippen molar-refractivity contribution in [3.63, 3.8) is 0 Å². The van der Waals surface area contributed by atoms with Gasteiger partial charge in [-0.05, 0) is 58.4 Å². The summed E-state index contributed by atoms with van der Waals surface area (Å²) in [6.45, 7) is 11.2. The number of nitrogens with one attached hydrogen (secondary N) is 1. The van der Waals surface area contributed by atoms with Crippen molar-refractivity contribution in [1.82, 2.24) is 15.1 Å². The number of likely N-dealkylation sites (tertiary alicyclic amines) is 1. The van der Waals surface area contributed by atoms with E-state index in [1.807, 2.05) is 7.11 Å². The lowest BCUT2D eigenvalue weighted by molar-refractivity contribution is 0.0602. The Morgan fingerprint density at radius 2 is 1.85 bits per heavy atom. The highest BCUT2D eigenvalue weighted by atomic mass is 16.5. The Labute approximate surface area is 125 Å². The van der Waals surface area contributed by atoms with E-state index in [0.29, 0.717) is 12.0 Å². The van der Waals surface area contributed by atoms with Gasteiger partial charge in [0.15, 0.2) is 0 Å². The van der Waals surface area contributed by atoms with Gasteiger partial charge in [0.25, 0.3) is 0 Å². The molecule has 0 aromatic heterocycles. The average molecular weight is 285 g/mol. The van der Waals surface area contributed by atoms with Crippen molar-refractivity contribution in [1.29, 1.82) is 0 Å². The molecule has 0 aromatic rings. The maximum absolute atomic E-state index is 5.42. The van der Waals surface area contributed by atoms with Crippen LogP contribution in [0.5, 0.6) is 0 Å². The van der Waals surface area contributed by atoms with Crippen LogP contribution in [0.1, 0.15) is 26.7 Å². The molecule has 20 heavy (non-hydrogen) atoms. The predicted molar refractivity (Wildman–Crippen MR) is 86.2 cm³/mol. The van der Waals surface area contributed by atoms with Crippen molar-refractivity contribution in [2.24, 2.45) is 11.8 Å². The lowest BCUT2D eigenvalue weighted by Gasteiger charge is -2.38. The highest BCUT2D eigenvalue weighted by molar-refractivity contribution is 4.80. The van der Waals surface area contributed by atoms with Crippen molar-refractivity contribution in [3.8, 4) is 0 Å². The third-order valence-electron chi connectivity index (χ3n) is 4.08. The zero-order valence-corrected chi connectivity index (χ0v) is 14.2. The second-order valence-electron chi connectivity index (χ2n) is 6.90. The molecule has 1 fully saturated rings. The minimum Gasteiger partial charge on any atom is -0.383 e. The molecule has 0 spiro atoms. The smallest absolute Gasteiger partial charge is 0.0630 e. The van der Waals surface area contributed by atoms with Crippen molar-refractivity contribution in [2.75, 3.05) is 60.5 Å². The molecular weight excluding hydrogens is 250 g/mol. The van der Waals surface area contributed by atoms with Gasteiger partial charge >= 0.3 is 0 Å². The molecule has 0 bridgehead atoms. The molecule has 1 aliphatic rings. The molecule has 120 valence electrons. The number of hydrogen-bond acceptors (Lipinski definition) is 4. The number of piperidine rings is 1. The molecule has 1 unspecified atom stereocenters. The molecule has 0 saturated carbocycles. The molecule has 1 atom stereocenters. The van der Waals surface area contributed by atoms with Gasteiger partial charge in [-0.25, -0.2) is 0 Å². The van der Waals surface area contributed by atoms with E-state index in [0.717, 1.165) is 25.6 Å².